The molecule has 1 aliphatic heterocycles. The van der Waals surface area contributed by atoms with E-state index < -0.39 is 11.9 Å². The second-order valence-electron chi connectivity index (χ2n) is 5.98. The van der Waals surface area contributed by atoms with Crippen LogP contribution in [0.25, 0.3) is 0 Å². The number of hydrogen-bond acceptors (Lipinski definition) is 4. The van der Waals surface area contributed by atoms with Crippen LogP contribution in [0.3, 0.4) is 0 Å². The first kappa shape index (κ1) is 15.7. The number of benzene rings is 1. The van der Waals surface area contributed by atoms with Crippen molar-refractivity contribution in [1.29, 1.82) is 0 Å². The average Bonchev–Trinajstić information content (AvgIpc) is 2.94. The van der Waals surface area contributed by atoms with Crippen molar-refractivity contribution in [2.24, 2.45) is 5.92 Å². The highest BCUT2D eigenvalue weighted by atomic mass is 16.5. The minimum Gasteiger partial charge on any atom is -0.394 e. The minimum absolute atomic E-state index is 0.0922. The van der Waals surface area contributed by atoms with Gasteiger partial charge in [-0.25, -0.2) is 4.79 Å². The van der Waals surface area contributed by atoms with Crippen LogP contribution in [0.4, 0.5) is 0 Å². The van der Waals surface area contributed by atoms with E-state index in [0.29, 0.717) is 12.0 Å². The Kier molecular flexibility index (Phi) is 4.45. The molecule has 3 atom stereocenters. The van der Waals surface area contributed by atoms with E-state index in [2.05, 4.69) is 4.98 Å². The molecule has 0 saturated carbocycles. The second-order valence-corrected chi connectivity index (χ2v) is 5.98. The van der Waals surface area contributed by atoms with E-state index in [4.69, 9.17) is 4.74 Å². The zero-order chi connectivity index (χ0) is 16.4. The molecule has 1 saturated heterocycles. The number of aromatic nitrogens is 2. The van der Waals surface area contributed by atoms with Gasteiger partial charge in [0.1, 0.15) is 6.23 Å². The summed E-state index contributed by atoms with van der Waals surface area (Å²) in [6.45, 7) is 1.56. The minimum atomic E-state index is -0.484. The Morgan fingerprint density at radius 2 is 2.04 bits per heavy atom. The van der Waals surface area contributed by atoms with E-state index in [-0.39, 0.29) is 24.2 Å². The Balaban J connectivity index is 1.83. The van der Waals surface area contributed by atoms with Crippen LogP contribution in [-0.2, 0) is 11.2 Å². The number of aliphatic hydroxyl groups excluding tert-OH is 1. The normalized spacial score (nSPS) is 24.0. The number of nitrogens with one attached hydrogen (secondary N) is 1. The number of aryl methyl sites for hydroxylation is 1. The van der Waals surface area contributed by atoms with Crippen LogP contribution in [0.15, 0.2) is 46.1 Å². The Bertz CT molecular complexity index is 781. The fraction of sp³-hybridized carbons (Fsp3) is 0.412. The zero-order valence-corrected chi connectivity index (χ0v) is 12.9. The van der Waals surface area contributed by atoms with Gasteiger partial charge in [0.2, 0.25) is 0 Å². The topological polar surface area (TPSA) is 84.3 Å². The van der Waals surface area contributed by atoms with Crippen molar-refractivity contribution >= 4 is 0 Å². The molecule has 6 heteroatoms. The molecular weight excluding hydrogens is 296 g/mol. The Hall–Kier alpha value is -2.18. The molecule has 0 aliphatic carbocycles. The third-order valence-corrected chi connectivity index (χ3v) is 4.34. The van der Waals surface area contributed by atoms with Crippen molar-refractivity contribution in [3.8, 4) is 0 Å². The number of rotatable bonds is 4. The van der Waals surface area contributed by atoms with Gasteiger partial charge in [-0.1, -0.05) is 30.3 Å². The van der Waals surface area contributed by atoms with E-state index in [1.54, 1.807) is 6.92 Å². The molecule has 2 heterocycles. The van der Waals surface area contributed by atoms with E-state index in [1.807, 2.05) is 30.3 Å². The molecule has 1 aromatic carbocycles. The van der Waals surface area contributed by atoms with Crippen molar-refractivity contribution in [1.82, 2.24) is 9.55 Å². The maximum absolute atomic E-state index is 12.0. The number of aliphatic hydroxyl groups is 1. The summed E-state index contributed by atoms with van der Waals surface area (Å²) in [5.74, 6) is 0.117. The van der Waals surface area contributed by atoms with E-state index in [9.17, 15) is 14.7 Å². The van der Waals surface area contributed by atoms with Crippen LogP contribution in [0.5, 0.6) is 0 Å². The van der Waals surface area contributed by atoms with Crippen molar-refractivity contribution in [3.05, 3.63) is 68.5 Å². The van der Waals surface area contributed by atoms with Gasteiger partial charge in [-0.2, -0.15) is 0 Å². The Morgan fingerprint density at radius 1 is 1.30 bits per heavy atom. The molecule has 6 nitrogen and oxygen atoms in total. The Morgan fingerprint density at radius 3 is 2.74 bits per heavy atom. The van der Waals surface area contributed by atoms with Gasteiger partial charge in [-0.3, -0.25) is 14.3 Å². The monoisotopic (exact) mass is 316 g/mol. The lowest BCUT2D eigenvalue weighted by molar-refractivity contribution is -0.0326. The molecule has 0 bridgehead atoms. The van der Waals surface area contributed by atoms with Crippen LogP contribution in [-0.4, -0.2) is 27.4 Å². The SMILES string of the molecule is Cc1cn([C@H]2C[C@H](Cc3ccccc3)[C@@H](CO)O2)c(=O)[nH]c1=O. The molecule has 0 unspecified atom stereocenters. The van der Waals surface area contributed by atoms with Crippen LogP contribution >= 0.6 is 0 Å². The van der Waals surface area contributed by atoms with Gasteiger partial charge in [-0.05, 0) is 31.2 Å². The highest BCUT2D eigenvalue weighted by Crippen LogP contribution is 2.34. The molecule has 0 radical (unpaired) electrons. The van der Waals surface area contributed by atoms with Crippen molar-refractivity contribution in [3.63, 3.8) is 0 Å². The van der Waals surface area contributed by atoms with Gasteiger partial charge in [-0.15, -0.1) is 0 Å². The molecule has 3 rings (SSSR count). The fourth-order valence-electron chi connectivity index (χ4n) is 3.08. The number of hydrogen-bond donors (Lipinski definition) is 2. The van der Waals surface area contributed by atoms with Crippen molar-refractivity contribution in [2.75, 3.05) is 6.61 Å². The van der Waals surface area contributed by atoms with Gasteiger partial charge in [0.15, 0.2) is 0 Å². The fourth-order valence-corrected chi connectivity index (χ4v) is 3.08. The third-order valence-electron chi connectivity index (χ3n) is 4.34. The summed E-state index contributed by atoms with van der Waals surface area (Å²) >= 11 is 0. The van der Waals surface area contributed by atoms with Crippen LogP contribution in [0.1, 0.15) is 23.8 Å². The molecule has 1 fully saturated rings. The molecule has 23 heavy (non-hydrogen) atoms. The van der Waals surface area contributed by atoms with Crippen LogP contribution in [0.2, 0.25) is 0 Å². The molecule has 1 aliphatic rings. The quantitative estimate of drug-likeness (QED) is 0.881. The molecular formula is C17H20N2O4. The number of nitrogens with zero attached hydrogens (tertiary/aromatic N) is 1. The number of aromatic amines is 1. The van der Waals surface area contributed by atoms with Crippen molar-refractivity contribution in [2.45, 2.75) is 32.1 Å². The zero-order valence-electron chi connectivity index (χ0n) is 12.9. The maximum atomic E-state index is 12.0. The predicted molar refractivity (Wildman–Crippen MR) is 85.3 cm³/mol. The summed E-state index contributed by atoms with van der Waals surface area (Å²) in [6.07, 6.45) is 2.12. The van der Waals surface area contributed by atoms with Crippen LogP contribution < -0.4 is 11.2 Å². The van der Waals surface area contributed by atoms with E-state index in [0.717, 1.165) is 6.42 Å². The van der Waals surface area contributed by atoms with Gasteiger partial charge in [0, 0.05) is 11.8 Å². The lowest BCUT2D eigenvalue weighted by Crippen LogP contribution is -2.33. The second kappa shape index (κ2) is 6.52. The maximum Gasteiger partial charge on any atom is 0.330 e. The standard InChI is InChI=1S/C17H20N2O4/c1-11-9-19(17(22)18-16(11)21)15-8-13(14(10-20)23-15)7-12-5-3-2-4-6-12/h2-6,9,13-15,20H,7-8,10H2,1H3,(H,18,21,22)/t13-,14+,15+/m0/s1. The lowest BCUT2D eigenvalue weighted by Gasteiger charge is -2.16. The van der Waals surface area contributed by atoms with E-state index in [1.165, 1.54) is 16.3 Å². The summed E-state index contributed by atoms with van der Waals surface area (Å²) in [5.41, 5.74) is 0.761. The molecule has 2 N–H and O–H groups in total. The van der Waals surface area contributed by atoms with Gasteiger partial charge >= 0.3 is 5.69 Å². The first-order valence-corrected chi connectivity index (χ1v) is 7.71. The number of H-pyrrole nitrogens is 1. The van der Waals surface area contributed by atoms with Gasteiger partial charge in [0.05, 0.1) is 12.7 Å². The summed E-state index contributed by atoms with van der Waals surface area (Å²) < 4.78 is 7.26. The third kappa shape index (κ3) is 3.28. The molecule has 2 aromatic rings. The summed E-state index contributed by atoms with van der Waals surface area (Å²) in [5, 5.41) is 9.58. The highest BCUT2D eigenvalue weighted by Gasteiger charge is 2.36. The molecule has 0 spiro atoms. The van der Waals surface area contributed by atoms with E-state index >= 15 is 0 Å². The van der Waals surface area contributed by atoms with Gasteiger partial charge < -0.3 is 9.84 Å². The predicted octanol–water partition coefficient (Wildman–Crippen LogP) is 0.984. The Labute approximate surface area is 133 Å². The van der Waals surface area contributed by atoms with Gasteiger partial charge in [0.25, 0.3) is 5.56 Å². The van der Waals surface area contributed by atoms with Crippen molar-refractivity contribution < 1.29 is 9.84 Å². The highest BCUT2D eigenvalue weighted by molar-refractivity contribution is 5.16. The molecule has 0 amide bonds. The first-order valence-electron chi connectivity index (χ1n) is 7.71. The van der Waals surface area contributed by atoms with Crippen LogP contribution in [0, 0.1) is 12.8 Å². The largest absolute Gasteiger partial charge is 0.394 e. The lowest BCUT2D eigenvalue weighted by atomic mass is 9.93. The summed E-state index contributed by atoms with van der Waals surface area (Å²) in [4.78, 5) is 25.8. The molecule has 122 valence electrons. The molecule has 1 aromatic heterocycles. The smallest absolute Gasteiger partial charge is 0.330 e. The average molecular weight is 316 g/mol. The number of ether oxygens (including phenoxy) is 1. The first-order chi connectivity index (χ1) is 11.1. The summed E-state index contributed by atoms with van der Waals surface area (Å²) in [7, 11) is 0. The summed E-state index contributed by atoms with van der Waals surface area (Å²) in [6, 6.07) is 10.00.